The van der Waals surface area contributed by atoms with E-state index in [4.69, 9.17) is 9.26 Å². The summed E-state index contributed by atoms with van der Waals surface area (Å²) in [5, 5.41) is 6.46. The minimum atomic E-state index is -3.74. The topological polar surface area (TPSA) is 123 Å². The Balaban J connectivity index is 1.41. The van der Waals surface area contributed by atoms with E-state index in [2.05, 4.69) is 20.2 Å². The molecule has 1 saturated heterocycles. The molecule has 0 saturated carbocycles. The number of ether oxygens (including phenoxy) is 1. The summed E-state index contributed by atoms with van der Waals surface area (Å²) in [4.78, 5) is 16.2. The molecule has 0 bridgehead atoms. The third kappa shape index (κ3) is 3.73. The van der Waals surface area contributed by atoms with Crippen molar-refractivity contribution in [1.82, 2.24) is 20.2 Å². The van der Waals surface area contributed by atoms with E-state index in [9.17, 15) is 13.2 Å². The first-order chi connectivity index (χ1) is 12.9. The summed E-state index contributed by atoms with van der Waals surface area (Å²) >= 11 is 0. The van der Waals surface area contributed by atoms with E-state index in [-0.39, 0.29) is 29.6 Å². The van der Waals surface area contributed by atoms with Crippen molar-refractivity contribution in [2.24, 2.45) is 0 Å². The maximum absolute atomic E-state index is 12.6. The average Bonchev–Trinajstić information content (AvgIpc) is 3.29. The maximum atomic E-state index is 12.6. The minimum Gasteiger partial charge on any atom is -0.364 e. The van der Waals surface area contributed by atoms with Crippen LogP contribution in [0.2, 0.25) is 0 Å². The van der Waals surface area contributed by atoms with E-state index in [1.165, 1.54) is 12.1 Å². The van der Waals surface area contributed by atoms with Crippen LogP contribution in [0.3, 0.4) is 0 Å². The first kappa shape index (κ1) is 18.1. The number of carbonyl (C=O) groups excluding carboxylic acids is 1. The van der Waals surface area contributed by atoms with Gasteiger partial charge in [-0.3, -0.25) is 4.79 Å². The predicted molar refractivity (Wildman–Crippen MR) is 93.6 cm³/mol. The molecule has 1 fully saturated rings. The monoisotopic (exact) mass is 392 g/mol. The van der Waals surface area contributed by atoms with Crippen LogP contribution in [0.15, 0.2) is 27.6 Å². The fourth-order valence-corrected chi connectivity index (χ4v) is 4.42. The SMILES string of the molecule is Cc1noc([C@@H]2CC[C@H](CNS(=O)(=O)c3ccc4c(c3)C(=O)NCC4)O2)n1. The fourth-order valence-electron chi connectivity index (χ4n) is 3.33. The number of amides is 1. The zero-order valence-electron chi connectivity index (χ0n) is 14.8. The first-order valence-corrected chi connectivity index (χ1v) is 10.3. The van der Waals surface area contributed by atoms with Crippen LogP contribution in [0.1, 0.15) is 46.6 Å². The number of carbonyl (C=O) groups is 1. The van der Waals surface area contributed by atoms with Crippen molar-refractivity contribution in [2.75, 3.05) is 13.1 Å². The second-order valence-electron chi connectivity index (χ2n) is 6.68. The molecule has 0 spiro atoms. The van der Waals surface area contributed by atoms with Gasteiger partial charge < -0.3 is 14.6 Å². The Morgan fingerprint density at radius 3 is 2.96 bits per heavy atom. The second-order valence-corrected chi connectivity index (χ2v) is 8.45. The molecular weight excluding hydrogens is 372 g/mol. The van der Waals surface area contributed by atoms with Crippen LogP contribution in [0.4, 0.5) is 0 Å². The molecule has 1 aromatic heterocycles. The normalized spacial score (nSPS) is 22.5. The zero-order chi connectivity index (χ0) is 19.0. The summed E-state index contributed by atoms with van der Waals surface area (Å²) in [6.45, 7) is 2.43. The van der Waals surface area contributed by atoms with Crippen molar-refractivity contribution in [3.05, 3.63) is 41.0 Å². The Bertz CT molecular complexity index is 971. The van der Waals surface area contributed by atoms with Crippen molar-refractivity contribution in [3.8, 4) is 0 Å². The molecule has 9 nitrogen and oxygen atoms in total. The van der Waals surface area contributed by atoms with Crippen LogP contribution in [0.5, 0.6) is 0 Å². The lowest BCUT2D eigenvalue weighted by Crippen LogP contribution is -2.34. The van der Waals surface area contributed by atoms with Crippen LogP contribution in [-0.2, 0) is 21.2 Å². The molecule has 1 aromatic carbocycles. The summed E-state index contributed by atoms with van der Waals surface area (Å²) in [5.41, 5.74) is 1.27. The van der Waals surface area contributed by atoms with Gasteiger partial charge in [-0.25, -0.2) is 13.1 Å². The molecule has 10 heteroatoms. The molecule has 2 N–H and O–H groups in total. The number of nitrogens with zero attached hydrogens (tertiary/aromatic N) is 2. The first-order valence-electron chi connectivity index (χ1n) is 8.79. The van der Waals surface area contributed by atoms with Gasteiger partial charge in [0.15, 0.2) is 5.82 Å². The van der Waals surface area contributed by atoms with E-state index < -0.39 is 10.0 Å². The van der Waals surface area contributed by atoms with Crippen molar-refractivity contribution in [1.29, 1.82) is 0 Å². The third-order valence-electron chi connectivity index (χ3n) is 4.74. The van der Waals surface area contributed by atoms with Crippen molar-refractivity contribution in [2.45, 2.75) is 43.3 Å². The number of aryl methyl sites for hydroxylation is 1. The van der Waals surface area contributed by atoms with Gasteiger partial charge in [0.1, 0.15) is 6.10 Å². The highest BCUT2D eigenvalue weighted by atomic mass is 32.2. The van der Waals surface area contributed by atoms with E-state index >= 15 is 0 Å². The fraction of sp³-hybridized carbons (Fsp3) is 0.471. The smallest absolute Gasteiger partial charge is 0.255 e. The number of sulfonamides is 1. The number of hydrogen-bond acceptors (Lipinski definition) is 7. The molecule has 2 aliphatic rings. The lowest BCUT2D eigenvalue weighted by atomic mass is 10.0. The summed E-state index contributed by atoms with van der Waals surface area (Å²) in [6.07, 6.45) is 1.47. The van der Waals surface area contributed by atoms with E-state index in [0.717, 1.165) is 5.56 Å². The molecular formula is C17H20N4O5S. The Hall–Kier alpha value is -2.30. The van der Waals surface area contributed by atoms with Gasteiger partial charge in [-0.1, -0.05) is 11.2 Å². The van der Waals surface area contributed by atoms with Crippen LogP contribution < -0.4 is 10.0 Å². The van der Waals surface area contributed by atoms with Crippen LogP contribution in [-0.4, -0.2) is 43.7 Å². The van der Waals surface area contributed by atoms with Gasteiger partial charge in [0.25, 0.3) is 11.8 Å². The number of nitrogens with one attached hydrogen (secondary N) is 2. The van der Waals surface area contributed by atoms with Gasteiger partial charge >= 0.3 is 0 Å². The number of rotatable bonds is 5. The molecule has 3 heterocycles. The minimum absolute atomic E-state index is 0.0698. The largest absolute Gasteiger partial charge is 0.364 e. The molecule has 4 rings (SSSR count). The molecule has 1 amide bonds. The van der Waals surface area contributed by atoms with Crippen LogP contribution in [0.25, 0.3) is 0 Å². The summed E-state index contributed by atoms with van der Waals surface area (Å²) in [5.74, 6) is 0.706. The molecule has 2 aliphatic heterocycles. The molecule has 27 heavy (non-hydrogen) atoms. The molecule has 2 atom stereocenters. The molecule has 0 aliphatic carbocycles. The van der Waals surface area contributed by atoms with Gasteiger partial charge in [0.05, 0.1) is 11.0 Å². The van der Waals surface area contributed by atoms with E-state index in [1.807, 2.05) is 0 Å². The zero-order valence-corrected chi connectivity index (χ0v) is 15.6. The summed E-state index contributed by atoms with van der Waals surface area (Å²) in [6, 6.07) is 4.65. The standard InChI is InChI=1S/C17H20N4O5S/c1-10-20-17(26-21-10)15-5-3-12(25-15)9-19-27(23,24)13-4-2-11-6-7-18-16(22)14(11)8-13/h2,4,8,12,15,19H,3,5-7,9H2,1H3,(H,18,22)/t12-,15+/m1/s1. The Labute approximate surface area is 156 Å². The van der Waals surface area contributed by atoms with Gasteiger partial charge in [0.2, 0.25) is 10.0 Å². The summed E-state index contributed by atoms with van der Waals surface area (Å²) < 4.78 is 38.7. The molecule has 144 valence electrons. The van der Waals surface area contributed by atoms with Crippen LogP contribution in [0, 0.1) is 6.92 Å². The highest BCUT2D eigenvalue weighted by Gasteiger charge is 2.31. The van der Waals surface area contributed by atoms with Crippen molar-refractivity contribution >= 4 is 15.9 Å². The van der Waals surface area contributed by atoms with E-state index in [0.29, 0.717) is 43.1 Å². The average molecular weight is 392 g/mol. The quantitative estimate of drug-likeness (QED) is 0.773. The Morgan fingerprint density at radius 2 is 2.19 bits per heavy atom. The van der Waals surface area contributed by atoms with Gasteiger partial charge in [-0.05, 0) is 43.9 Å². The van der Waals surface area contributed by atoms with Crippen LogP contribution >= 0.6 is 0 Å². The van der Waals surface area contributed by atoms with Crippen molar-refractivity contribution in [3.63, 3.8) is 0 Å². The Kier molecular flexibility index (Phi) is 4.70. The predicted octanol–water partition coefficient (Wildman–Crippen LogP) is 0.863. The number of fused-ring (bicyclic) bond motifs is 1. The second kappa shape index (κ2) is 7.02. The molecule has 0 unspecified atom stereocenters. The highest BCUT2D eigenvalue weighted by molar-refractivity contribution is 7.89. The maximum Gasteiger partial charge on any atom is 0.255 e. The Morgan fingerprint density at radius 1 is 1.33 bits per heavy atom. The van der Waals surface area contributed by atoms with Gasteiger partial charge in [-0.2, -0.15) is 4.98 Å². The number of hydrogen-bond donors (Lipinski definition) is 2. The lowest BCUT2D eigenvalue weighted by molar-refractivity contribution is 0.0290. The molecule has 0 radical (unpaired) electrons. The van der Waals surface area contributed by atoms with Gasteiger partial charge in [0, 0.05) is 18.7 Å². The molecule has 2 aromatic rings. The lowest BCUT2D eigenvalue weighted by Gasteiger charge is -2.18. The highest BCUT2D eigenvalue weighted by Crippen LogP contribution is 2.31. The summed E-state index contributed by atoms with van der Waals surface area (Å²) in [7, 11) is -3.74. The van der Waals surface area contributed by atoms with E-state index in [1.54, 1.807) is 13.0 Å². The number of aromatic nitrogens is 2. The van der Waals surface area contributed by atoms with Crippen molar-refractivity contribution < 1.29 is 22.5 Å². The van der Waals surface area contributed by atoms with Gasteiger partial charge in [-0.15, -0.1) is 0 Å². The number of benzene rings is 1. The third-order valence-corrected chi connectivity index (χ3v) is 6.16.